The Morgan fingerprint density at radius 2 is 2.21 bits per heavy atom. The second kappa shape index (κ2) is 3.01. The first-order valence-corrected chi connectivity index (χ1v) is 5.42. The lowest BCUT2D eigenvalue weighted by atomic mass is 9.88. The molecule has 0 amide bonds. The summed E-state index contributed by atoms with van der Waals surface area (Å²) >= 11 is 5.86. The monoisotopic (exact) mass is 213 g/mol. The number of alkyl halides is 1. The standard InChI is InChI=1S/C11H16ClNO/c1-10(2)5-8-3-4-14-11(13,7-12)9(8)6-10/h3-4H,5-7,13H2,1-2H3. The Morgan fingerprint density at radius 3 is 2.86 bits per heavy atom. The number of hydrogen-bond acceptors (Lipinski definition) is 2. The minimum atomic E-state index is -0.764. The smallest absolute Gasteiger partial charge is 0.194 e. The highest BCUT2D eigenvalue weighted by molar-refractivity contribution is 6.18. The van der Waals surface area contributed by atoms with E-state index in [4.69, 9.17) is 22.1 Å². The molecule has 0 saturated carbocycles. The van der Waals surface area contributed by atoms with Gasteiger partial charge in [-0.3, -0.25) is 5.73 Å². The lowest BCUT2D eigenvalue weighted by Crippen LogP contribution is -2.46. The largest absolute Gasteiger partial charge is 0.475 e. The van der Waals surface area contributed by atoms with Gasteiger partial charge in [0.15, 0.2) is 5.72 Å². The summed E-state index contributed by atoms with van der Waals surface area (Å²) in [7, 11) is 0. The summed E-state index contributed by atoms with van der Waals surface area (Å²) in [6.07, 6.45) is 5.73. The summed E-state index contributed by atoms with van der Waals surface area (Å²) in [5.41, 5.74) is 8.12. The van der Waals surface area contributed by atoms with E-state index in [2.05, 4.69) is 13.8 Å². The van der Waals surface area contributed by atoms with Crippen molar-refractivity contribution < 1.29 is 4.74 Å². The number of rotatable bonds is 1. The SMILES string of the molecule is CC1(C)CC2=C(C1)C(N)(CCl)OC=C2. The number of hydrogen-bond donors (Lipinski definition) is 1. The molecule has 14 heavy (non-hydrogen) atoms. The molecule has 0 aromatic heterocycles. The van der Waals surface area contributed by atoms with Crippen molar-refractivity contribution in [3.63, 3.8) is 0 Å². The van der Waals surface area contributed by atoms with Crippen LogP contribution in [0.4, 0.5) is 0 Å². The molecule has 0 bridgehead atoms. The lowest BCUT2D eigenvalue weighted by molar-refractivity contribution is 0.0754. The second-order valence-corrected chi connectivity index (χ2v) is 5.23. The summed E-state index contributed by atoms with van der Waals surface area (Å²) in [6.45, 7) is 4.49. The zero-order chi connectivity index (χ0) is 10.4. The third kappa shape index (κ3) is 1.47. The van der Waals surface area contributed by atoms with Gasteiger partial charge in [-0.2, -0.15) is 0 Å². The normalized spacial score (nSPS) is 34.3. The highest BCUT2D eigenvalue weighted by atomic mass is 35.5. The third-order valence-corrected chi connectivity index (χ3v) is 3.37. The van der Waals surface area contributed by atoms with Gasteiger partial charge >= 0.3 is 0 Å². The maximum absolute atomic E-state index is 6.10. The van der Waals surface area contributed by atoms with Crippen LogP contribution in [0.25, 0.3) is 0 Å². The molecule has 0 fully saturated rings. The van der Waals surface area contributed by atoms with Crippen molar-refractivity contribution in [1.82, 2.24) is 0 Å². The molecule has 1 aliphatic carbocycles. The fourth-order valence-corrected chi connectivity index (χ4v) is 2.50. The number of ether oxygens (including phenoxy) is 1. The van der Waals surface area contributed by atoms with Crippen LogP contribution in [0.2, 0.25) is 0 Å². The molecule has 2 N–H and O–H groups in total. The maximum Gasteiger partial charge on any atom is 0.194 e. The predicted molar refractivity (Wildman–Crippen MR) is 57.9 cm³/mol. The Kier molecular flexibility index (Phi) is 2.16. The van der Waals surface area contributed by atoms with Crippen LogP contribution in [0.5, 0.6) is 0 Å². The molecule has 1 atom stereocenters. The second-order valence-electron chi connectivity index (χ2n) is 4.97. The van der Waals surface area contributed by atoms with Crippen molar-refractivity contribution in [3.8, 4) is 0 Å². The van der Waals surface area contributed by atoms with Crippen LogP contribution >= 0.6 is 11.6 Å². The molecule has 3 heteroatoms. The Morgan fingerprint density at radius 1 is 1.50 bits per heavy atom. The Bertz CT molecular complexity index is 319. The van der Waals surface area contributed by atoms with Crippen LogP contribution in [0.1, 0.15) is 26.7 Å². The Hall–Kier alpha value is -0.470. The van der Waals surface area contributed by atoms with Crippen molar-refractivity contribution >= 4 is 11.6 Å². The highest BCUT2D eigenvalue weighted by Gasteiger charge is 2.42. The average Bonchev–Trinajstić information content (AvgIpc) is 2.42. The molecule has 0 spiro atoms. The molecule has 2 aliphatic rings. The van der Waals surface area contributed by atoms with Crippen LogP contribution in [-0.4, -0.2) is 11.6 Å². The van der Waals surface area contributed by atoms with Crippen LogP contribution in [0.3, 0.4) is 0 Å². The summed E-state index contributed by atoms with van der Waals surface area (Å²) in [6, 6.07) is 0. The highest BCUT2D eigenvalue weighted by Crippen LogP contribution is 2.47. The summed E-state index contributed by atoms with van der Waals surface area (Å²) in [5, 5.41) is 0. The van der Waals surface area contributed by atoms with Gasteiger partial charge in [0.05, 0.1) is 12.1 Å². The van der Waals surface area contributed by atoms with Gasteiger partial charge in [0.2, 0.25) is 0 Å². The molecule has 1 unspecified atom stereocenters. The van der Waals surface area contributed by atoms with Crippen LogP contribution < -0.4 is 5.73 Å². The van der Waals surface area contributed by atoms with Crippen molar-refractivity contribution in [2.24, 2.45) is 11.1 Å². The summed E-state index contributed by atoms with van der Waals surface area (Å²) in [5.74, 6) is 0.312. The van der Waals surface area contributed by atoms with Gasteiger partial charge in [0, 0.05) is 0 Å². The van der Waals surface area contributed by atoms with Crippen molar-refractivity contribution in [2.45, 2.75) is 32.4 Å². The molecule has 1 aliphatic heterocycles. The van der Waals surface area contributed by atoms with E-state index in [1.807, 2.05) is 6.08 Å². The van der Waals surface area contributed by atoms with Gasteiger partial charge in [-0.15, -0.1) is 11.6 Å². The minimum absolute atomic E-state index is 0.291. The lowest BCUT2D eigenvalue weighted by Gasteiger charge is -2.32. The minimum Gasteiger partial charge on any atom is -0.475 e. The van der Waals surface area contributed by atoms with Gasteiger partial charge in [0.1, 0.15) is 0 Å². The third-order valence-electron chi connectivity index (χ3n) is 2.97. The Labute approximate surface area is 89.8 Å². The average molecular weight is 214 g/mol. The van der Waals surface area contributed by atoms with Gasteiger partial charge in [-0.25, -0.2) is 0 Å². The molecule has 78 valence electrons. The molecule has 0 radical (unpaired) electrons. The molecule has 0 saturated heterocycles. The molecule has 2 nitrogen and oxygen atoms in total. The molecular formula is C11H16ClNO. The Balaban J connectivity index is 2.35. The first-order chi connectivity index (χ1) is 6.47. The summed E-state index contributed by atoms with van der Waals surface area (Å²) in [4.78, 5) is 0. The van der Waals surface area contributed by atoms with E-state index in [9.17, 15) is 0 Å². The fraction of sp³-hybridized carbons (Fsp3) is 0.636. The number of nitrogens with two attached hydrogens (primary N) is 1. The maximum atomic E-state index is 6.10. The van der Waals surface area contributed by atoms with Crippen LogP contribution in [-0.2, 0) is 4.74 Å². The van der Waals surface area contributed by atoms with Gasteiger partial charge in [0.25, 0.3) is 0 Å². The van der Waals surface area contributed by atoms with E-state index in [0.717, 1.165) is 12.8 Å². The molecule has 0 aromatic rings. The van der Waals surface area contributed by atoms with E-state index >= 15 is 0 Å². The van der Waals surface area contributed by atoms with E-state index in [0.29, 0.717) is 11.3 Å². The quantitative estimate of drug-likeness (QED) is 0.680. The van der Waals surface area contributed by atoms with Crippen molar-refractivity contribution in [2.75, 3.05) is 5.88 Å². The van der Waals surface area contributed by atoms with Crippen molar-refractivity contribution in [1.29, 1.82) is 0 Å². The first kappa shape index (κ1) is 10.1. The van der Waals surface area contributed by atoms with Crippen molar-refractivity contribution in [3.05, 3.63) is 23.5 Å². The summed E-state index contributed by atoms with van der Waals surface area (Å²) < 4.78 is 5.43. The molecular weight excluding hydrogens is 198 g/mol. The number of allylic oxidation sites excluding steroid dienone is 2. The van der Waals surface area contributed by atoms with E-state index < -0.39 is 5.72 Å². The van der Waals surface area contributed by atoms with Crippen LogP contribution in [0, 0.1) is 5.41 Å². The van der Waals surface area contributed by atoms with Gasteiger partial charge in [-0.05, 0) is 35.5 Å². The topological polar surface area (TPSA) is 35.2 Å². The first-order valence-electron chi connectivity index (χ1n) is 4.89. The zero-order valence-electron chi connectivity index (χ0n) is 8.64. The number of halogens is 1. The van der Waals surface area contributed by atoms with Crippen LogP contribution in [0.15, 0.2) is 23.5 Å². The van der Waals surface area contributed by atoms with E-state index in [1.165, 1.54) is 11.1 Å². The van der Waals surface area contributed by atoms with E-state index in [1.54, 1.807) is 6.26 Å². The predicted octanol–water partition coefficient (Wildman–Crippen LogP) is 2.54. The fourth-order valence-electron chi connectivity index (χ4n) is 2.28. The van der Waals surface area contributed by atoms with Gasteiger partial charge < -0.3 is 4.74 Å². The molecule has 2 rings (SSSR count). The zero-order valence-corrected chi connectivity index (χ0v) is 9.40. The molecule has 0 aromatic carbocycles. The van der Waals surface area contributed by atoms with E-state index in [-0.39, 0.29) is 0 Å². The van der Waals surface area contributed by atoms with Gasteiger partial charge in [-0.1, -0.05) is 13.8 Å². The molecule has 1 heterocycles.